The first-order chi connectivity index (χ1) is 7.63. The van der Waals surface area contributed by atoms with Crippen LogP contribution in [0.15, 0.2) is 10.7 Å². The van der Waals surface area contributed by atoms with Gasteiger partial charge < -0.3 is 8.84 Å². The number of ketones is 1. The van der Waals surface area contributed by atoms with Crippen LogP contribution in [0, 0.1) is 0 Å². The zero-order valence-corrected chi connectivity index (χ0v) is 12.5. The van der Waals surface area contributed by atoms with Gasteiger partial charge in [0.1, 0.15) is 12.0 Å². The lowest BCUT2D eigenvalue weighted by molar-refractivity contribution is 0.0980. The quantitative estimate of drug-likeness (QED) is 0.611. The molecule has 0 amide bonds. The molecule has 0 saturated heterocycles. The minimum atomic E-state index is -1.77. The van der Waals surface area contributed by atoms with Crippen molar-refractivity contribution in [2.24, 2.45) is 0 Å². The van der Waals surface area contributed by atoms with Crippen LogP contribution in [0.3, 0.4) is 0 Å². The molecule has 0 aliphatic rings. The van der Waals surface area contributed by atoms with Crippen LogP contribution in [-0.4, -0.2) is 19.1 Å². The van der Waals surface area contributed by atoms with Crippen molar-refractivity contribution in [1.29, 1.82) is 0 Å². The van der Waals surface area contributed by atoms with E-state index < -0.39 is 8.32 Å². The van der Waals surface area contributed by atoms with E-state index in [1.807, 2.05) is 0 Å². The Hall–Kier alpha value is -0.943. The summed E-state index contributed by atoms with van der Waals surface area (Å²) in [4.78, 5) is 15.1. The van der Waals surface area contributed by atoms with Crippen LogP contribution in [0.25, 0.3) is 0 Å². The van der Waals surface area contributed by atoms with Gasteiger partial charge in [0.25, 0.3) is 5.89 Å². The maximum atomic E-state index is 11.0. The second-order valence-corrected chi connectivity index (χ2v) is 10.6. The van der Waals surface area contributed by atoms with E-state index in [-0.39, 0.29) is 16.7 Å². The molecule has 0 atom stereocenters. The van der Waals surface area contributed by atoms with Gasteiger partial charge in [0.05, 0.1) is 6.61 Å². The van der Waals surface area contributed by atoms with Crippen LogP contribution >= 0.6 is 0 Å². The number of rotatable bonds is 4. The summed E-state index contributed by atoms with van der Waals surface area (Å²) >= 11 is 0. The van der Waals surface area contributed by atoms with Gasteiger partial charge in [-0.15, -0.1) is 0 Å². The average Bonchev–Trinajstić information content (AvgIpc) is 2.61. The smallest absolute Gasteiger partial charge is 0.263 e. The Bertz CT molecular complexity index is 404. The average molecular weight is 255 g/mol. The Morgan fingerprint density at radius 2 is 2.06 bits per heavy atom. The maximum Gasteiger partial charge on any atom is 0.263 e. The molecule has 0 spiro atoms. The van der Waals surface area contributed by atoms with E-state index in [1.54, 1.807) is 0 Å². The van der Waals surface area contributed by atoms with E-state index in [0.29, 0.717) is 12.3 Å². The van der Waals surface area contributed by atoms with Crippen molar-refractivity contribution < 1.29 is 13.6 Å². The minimum absolute atomic E-state index is 0.152. The molecule has 1 rings (SSSR count). The summed E-state index contributed by atoms with van der Waals surface area (Å²) in [5.41, 5.74) is 0.681. The zero-order valence-electron chi connectivity index (χ0n) is 11.5. The van der Waals surface area contributed by atoms with Crippen LogP contribution in [0.1, 0.15) is 44.1 Å². The molecule has 4 nitrogen and oxygen atoms in total. The molecule has 0 aliphatic carbocycles. The SMILES string of the molecule is CC(=O)c1nc(CO[Si](C)(C)C(C)(C)C)co1. The summed E-state index contributed by atoms with van der Waals surface area (Å²) < 4.78 is 11.0. The fraction of sp³-hybridized carbons (Fsp3) is 0.667. The molecular formula is C12H21NO3Si. The summed E-state index contributed by atoms with van der Waals surface area (Å²) in [7, 11) is -1.77. The highest BCUT2D eigenvalue weighted by Gasteiger charge is 2.37. The first kappa shape index (κ1) is 14.1. The molecule has 0 saturated carbocycles. The maximum absolute atomic E-state index is 11.0. The van der Waals surface area contributed by atoms with Gasteiger partial charge in [-0.2, -0.15) is 0 Å². The second kappa shape index (κ2) is 4.74. The summed E-state index contributed by atoms with van der Waals surface area (Å²) in [6, 6.07) is 0. The largest absolute Gasteiger partial charge is 0.442 e. The topological polar surface area (TPSA) is 52.3 Å². The lowest BCUT2D eigenvalue weighted by Gasteiger charge is -2.35. The number of carbonyl (C=O) groups is 1. The molecule has 0 N–H and O–H groups in total. The van der Waals surface area contributed by atoms with Gasteiger partial charge >= 0.3 is 0 Å². The van der Waals surface area contributed by atoms with Crippen LogP contribution in [0.2, 0.25) is 18.1 Å². The lowest BCUT2D eigenvalue weighted by atomic mass is 10.2. The number of hydrogen-bond acceptors (Lipinski definition) is 4. The monoisotopic (exact) mass is 255 g/mol. The van der Waals surface area contributed by atoms with Gasteiger partial charge in [-0.25, -0.2) is 4.98 Å². The van der Waals surface area contributed by atoms with Gasteiger partial charge in [-0.1, -0.05) is 20.8 Å². The molecule has 1 heterocycles. The van der Waals surface area contributed by atoms with E-state index >= 15 is 0 Å². The Kier molecular flexibility index (Phi) is 3.94. The standard InChI is InChI=1S/C12H21NO3Si/c1-9(14)11-13-10(7-15-11)8-16-17(5,6)12(2,3)4/h7H,8H2,1-6H3. The molecule has 96 valence electrons. The Morgan fingerprint density at radius 3 is 2.47 bits per heavy atom. The molecule has 1 aromatic rings. The lowest BCUT2D eigenvalue weighted by Crippen LogP contribution is -2.40. The van der Waals surface area contributed by atoms with Crippen molar-refractivity contribution >= 4 is 14.1 Å². The van der Waals surface area contributed by atoms with Crippen molar-refractivity contribution in [3.05, 3.63) is 17.8 Å². The second-order valence-electron chi connectivity index (χ2n) is 5.75. The first-order valence-electron chi connectivity index (χ1n) is 5.73. The number of carbonyl (C=O) groups excluding carboxylic acids is 1. The van der Waals surface area contributed by atoms with Gasteiger partial charge in [0.15, 0.2) is 8.32 Å². The number of hydrogen-bond donors (Lipinski definition) is 0. The molecule has 0 fully saturated rings. The number of Topliss-reactive ketones (excluding diaryl/α,β-unsaturated/α-hetero) is 1. The van der Waals surface area contributed by atoms with Crippen molar-refractivity contribution in [2.75, 3.05) is 0 Å². The van der Waals surface area contributed by atoms with Crippen LogP contribution in [-0.2, 0) is 11.0 Å². The summed E-state index contributed by atoms with van der Waals surface area (Å²) in [5, 5.41) is 0.167. The van der Waals surface area contributed by atoms with Crippen molar-refractivity contribution in [1.82, 2.24) is 4.98 Å². The van der Waals surface area contributed by atoms with Gasteiger partial charge in [0.2, 0.25) is 5.78 Å². The van der Waals surface area contributed by atoms with Crippen LogP contribution in [0.4, 0.5) is 0 Å². The molecule has 0 bridgehead atoms. The predicted molar refractivity (Wildman–Crippen MR) is 68.5 cm³/mol. The fourth-order valence-electron chi connectivity index (χ4n) is 1.01. The molecule has 0 unspecified atom stereocenters. The molecule has 1 aromatic heterocycles. The Balaban J connectivity index is 2.64. The van der Waals surface area contributed by atoms with Gasteiger partial charge in [-0.3, -0.25) is 4.79 Å². The highest BCUT2D eigenvalue weighted by atomic mass is 28.4. The Morgan fingerprint density at radius 1 is 1.47 bits per heavy atom. The molecule has 0 aliphatic heterocycles. The predicted octanol–water partition coefficient (Wildman–Crippen LogP) is 3.40. The number of aromatic nitrogens is 1. The first-order valence-corrected chi connectivity index (χ1v) is 8.63. The zero-order chi connectivity index (χ0) is 13.3. The fourth-order valence-corrected chi connectivity index (χ4v) is 1.95. The van der Waals surface area contributed by atoms with Crippen LogP contribution in [0.5, 0.6) is 0 Å². The summed E-state index contributed by atoms with van der Waals surface area (Å²) in [5.74, 6) is -0.0117. The number of oxazole rings is 1. The third-order valence-electron chi connectivity index (χ3n) is 3.24. The van der Waals surface area contributed by atoms with E-state index in [4.69, 9.17) is 8.84 Å². The molecule has 0 radical (unpaired) electrons. The van der Waals surface area contributed by atoms with Crippen LogP contribution < -0.4 is 0 Å². The molecule has 5 heteroatoms. The molecular weight excluding hydrogens is 234 g/mol. The van der Waals surface area contributed by atoms with Crippen molar-refractivity contribution in [3.63, 3.8) is 0 Å². The van der Waals surface area contributed by atoms with Crippen molar-refractivity contribution in [2.45, 2.75) is 52.4 Å². The highest BCUT2D eigenvalue weighted by molar-refractivity contribution is 6.74. The van der Waals surface area contributed by atoms with E-state index in [0.717, 1.165) is 0 Å². The minimum Gasteiger partial charge on any atom is -0.442 e. The highest BCUT2D eigenvalue weighted by Crippen LogP contribution is 2.36. The molecule has 0 aromatic carbocycles. The normalized spacial score (nSPS) is 12.8. The summed E-state index contributed by atoms with van der Waals surface area (Å²) in [6.07, 6.45) is 1.49. The van der Waals surface area contributed by atoms with Gasteiger partial charge in [-0.05, 0) is 18.1 Å². The van der Waals surface area contributed by atoms with Crippen molar-refractivity contribution in [3.8, 4) is 0 Å². The Labute approximate surface area is 104 Å². The van der Waals surface area contributed by atoms with Gasteiger partial charge in [0, 0.05) is 6.92 Å². The van der Waals surface area contributed by atoms with E-state index in [2.05, 4.69) is 38.8 Å². The third kappa shape index (κ3) is 3.51. The van der Waals surface area contributed by atoms with E-state index in [1.165, 1.54) is 13.2 Å². The third-order valence-corrected chi connectivity index (χ3v) is 7.72. The molecule has 17 heavy (non-hydrogen) atoms. The summed E-state index contributed by atoms with van der Waals surface area (Å²) in [6.45, 7) is 12.8. The van der Waals surface area contributed by atoms with E-state index in [9.17, 15) is 4.79 Å². The number of nitrogens with zero attached hydrogens (tertiary/aromatic N) is 1.